The molecule has 0 saturated heterocycles. The van der Waals surface area contributed by atoms with Crippen LogP contribution in [0.25, 0.3) is 0 Å². The van der Waals surface area contributed by atoms with Gasteiger partial charge in [-0.3, -0.25) is 0 Å². The summed E-state index contributed by atoms with van der Waals surface area (Å²) in [4.78, 5) is 5.16. The van der Waals surface area contributed by atoms with Crippen LogP contribution < -0.4 is 16.2 Å². The van der Waals surface area contributed by atoms with Gasteiger partial charge in [0.05, 0.1) is 7.11 Å². The number of nitrogens with zero attached hydrogens (tertiary/aromatic N) is 3. The average Bonchev–Trinajstić information content (AvgIpc) is 2.86. The second-order valence-corrected chi connectivity index (χ2v) is 4.06. The third-order valence-electron chi connectivity index (χ3n) is 2.58. The van der Waals surface area contributed by atoms with E-state index in [2.05, 4.69) is 20.1 Å². The van der Waals surface area contributed by atoms with E-state index in [4.69, 9.17) is 21.0 Å². The standard InChI is InChI=1S/C12H15N5O3/c1-7-3-4-8(9(5-7)18-2)6-19-16-11(13)10-12(14)17-20-15-10/h3-5H,6H2,1-2H3,(H2,13,16)(H2,14,17). The van der Waals surface area contributed by atoms with Crippen LogP contribution in [-0.2, 0) is 11.4 Å². The minimum absolute atomic E-state index is 0.00479. The largest absolute Gasteiger partial charge is 0.496 e. The van der Waals surface area contributed by atoms with Crippen molar-refractivity contribution in [2.75, 3.05) is 12.8 Å². The molecule has 4 N–H and O–H groups in total. The molecule has 0 amide bonds. The molecule has 2 rings (SSSR count). The molecule has 0 atom stereocenters. The molecule has 106 valence electrons. The summed E-state index contributed by atoms with van der Waals surface area (Å²) in [5.74, 6) is 0.777. The van der Waals surface area contributed by atoms with Crippen LogP contribution in [0.3, 0.4) is 0 Å². The number of aryl methyl sites for hydroxylation is 1. The Hall–Kier alpha value is -2.77. The molecule has 1 heterocycles. The number of ether oxygens (including phenoxy) is 1. The van der Waals surface area contributed by atoms with E-state index in [1.807, 2.05) is 25.1 Å². The number of hydrogen-bond acceptors (Lipinski definition) is 7. The summed E-state index contributed by atoms with van der Waals surface area (Å²) in [7, 11) is 1.59. The molecule has 0 aliphatic heterocycles. The number of benzene rings is 1. The van der Waals surface area contributed by atoms with E-state index >= 15 is 0 Å². The van der Waals surface area contributed by atoms with Gasteiger partial charge in [-0.15, -0.1) is 0 Å². The van der Waals surface area contributed by atoms with Gasteiger partial charge in [-0.25, -0.2) is 4.63 Å². The molecule has 0 bridgehead atoms. The maximum atomic E-state index is 5.65. The smallest absolute Gasteiger partial charge is 0.199 e. The number of hydrogen-bond donors (Lipinski definition) is 2. The van der Waals surface area contributed by atoms with Gasteiger partial charge in [-0.05, 0) is 28.9 Å². The summed E-state index contributed by atoms with van der Waals surface area (Å²) in [5, 5.41) is 10.6. The SMILES string of the molecule is COc1cc(C)ccc1CO/N=C(\N)c1nonc1N. The lowest BCUT2D eigenvalue weighted by atomic mass is 10.1. The molecule has 0 aliphatic carbocycles. The maximum absolute atomic E-state index is 5.65. The zero-order valence-corrected chi connectivity index (χ0v) is 11.2. The topological polar surface area (TPSA) is 122 Å². The van der Waals surface area contributed by atoms with Gasteiger partial charge in [0, 0.05) is 5.56 Å². The van der Waals surface area contributed by atoms with Crippen LogP contribution >= 0.6 is 0 Å². The average molecular weight is 277 g/mol. The highest BCUT2D eigenvalue weighted by Gasteiger charge is 2.11. The van der Waals surface area contributed by atoms with Crippen molar-refractivity contribution >= 4 is 11.7 Å². The first-order valence-corrected chi connectivity index (χ1v) is 5.79. The van der Waals surface area contributed by atoms with E-state index < -0.39 is 0 Å². The number of nitrogen functional groups attached to an aromatic ring is 1. The first-order chi connectivity index (χ1) is 9.61. The van der Waals surface area contributed by atoms with Crippen LogP contribution in [0, 0.1) is 6.92 Å². The first-order valence-electron chi connectivity index (χ1n) is 5.79. The van der Waals surface area contributed by atoms with Crippen molar-refractivity contribution < 1.29 is 14.2 Å². The fourth-order valence-corrected chi connectivity index (χ4v) is 1.56. The summed E-state index contributed by atoms with van der Waals surface area (Å²) in [5.41, 5.74) is 13.2. The quantitative estimate of drug-likeness (QED) is 0.471. The van der Waals surface area contributed by atoms with Crippen molar-refractivity contribution in [3.63, 3.8) is 0 Å². The molecule has 20 heavy (non-hydrogen) atoms. The lowest BCUT2D eigenvalue weighted by Crippen LogP contribution is -2.16. The second kappa shape index (κ2) is 5.91. The molecule has 8 heteroatoms. The van der Waals surface area contributed by atoms with Crippen LogP contribution in [-0.4, -0.2) is 23.3 Å². The summed E-state index contributed by atoms with van der Waals surface area (Å²) in [6.45, 7) is 2.18. The van der Waals surface area contributed by atoms with Gasteiger partial charge < -0.3 is 21.0 Å². The third kappa shape index (κ3) is 2.97. The molecule has 0 radical (unpaired) electrons. The Morgan fingerprint density at radius 1 is 1.40 bits per heavy atom. The van der Waals surface area contributed by atoms with Crippen LogP contribution in [0.4, 0.5) is 5.82 Å². The lowest BCUT2D eigenvalue weighted by molar-refractivity contribution is 0.128. The molecule has 0 aliphatic rings. The zero-order chi connectivity index (χ0) is 14.5. The molecule has 0 unspecified atom stereocenters. The van der Waals surface area contributed by atoms with E-state index in [0.717, 1.165) is 16.9 Å². The van der Waals surface area contributed by atoms with E-state index in [-0.39, 0.29) is 24.0 Å². The highest BCUT2D eigenvalue weighted by Crippen LogP contribution is 2.20. The number of anilines is 1. The maximum Gasteiger partial charge on any atom is 0.199 e. The molecule has 1 aromatic carbocycles. The third-order valence-corrected chi connectivity index (χ3v) is 2.58. The number of nitrogens with two attached hydrogens (primary N) is 2. The molecule has 8 nitrogen and oxygen atoms in total. The van der Waals surface area contributed by atoms with Gasteiger partial charge in [-0.1, -0.05) is 17.3 Å². The summed E-state index contributed by atoms with van der Waals surface area (Å²) in [6.07, 6.45) is 0. The Bertz CT molecular complexity index is 623. The van der Waals surface area contributed by atoms with Crippen molar-refractivity contribution in [3.8, 4) is 5.75 Å². The molecular weight excluding hydrogens is 262 g/mol. The van der Waals surface area contributed by atoms with E-state index in [1.165, 1.54) is 0 Å². The fourth-order valence-electron chi connectivity index (χ4n) is 1.56. The number of amidine groups is 1. The van der Waals surface area contributed by atoms with Gasteiger partial charge in [0.15, 0.2) is 17.3 Å². The predicted octanol–water partition coefficient (Wildman–Crippen LogP) is 0.806. The van der Waals surface area contributed by atoms with Crippen LogP contribution in [0.2, 0.25) is 0 Å². The zero-order valence-electron chi connectivity index (χ0n) is 11.2. The van der Waals surface area contributed by atoms with Gasteiger partial charge in [0.25, 0.3) is 0 Å². The number of aromatic nitrogens is 2. The Balaban J connectivity index is 2.04. The number of oxime groups is 1. The van der Waals surface area contributed by atoms with Crippen molar-refractivity contribution in [2.45, 2.75) is 13.5 Å². The van der Waals surface area contributed by atoms with E-state index in [0.29, 0.717) is 0 Å². The molecule has 1 aromatic heterocycles. The fraction of sp³-hybridized carbons (Fsp3) is 0.250. The summed E-state index contributed by atoms with van der Waals surface area (Å²) >= 11 is 0. The molecule has 0 fully saturated rings. The van der Waals surface area contributed by atoms with Crippen LogP contribution in [0.1, 0.15) is 16.8 Å². The molecular formula is C12H15N5O3. The molecule has 0 spiro atoms. The lowest BCUT2D eigenvalue weighted by Gasteiger charge is -2.08. The van der Waals surface area contributed by atoms with Crippen molar-refractivity contribution in [1.82, 2.24) is 10.3 Å². The highest BCUT2D eigenvalue weighted by molar-refractivity contribution is 5.98. The van der Waals surface area contributed by atoms with Crippen molar-refractivity contribution in [1.29, 1.82) is 0 Å². The molecule has 0 saturated carbocycles. The monoisotopic (exact) mass is 277 g/mol. The van der Waals surface area contributed by atoms with Gasteiger partial charge >= 0.3 is 0 Å². The predicted molar refractivity (Wildman–Crippen MR) is 72.0 cm³/mol. The Kier molecular flexibility index (Phi) is 4.04. The normalized spacial score (nSPS) is 11.4. The highest BCUT2D eigenvalue weighted by atomic mass is 16.6. The van der Waals surface area contributed by atoms with Crippen molar-refractivity contribution in [2.24, 2.45) is 10.9 Å². The summed E-state index contributed by atoms with van der Waals surface area (Å²) < 4.78 is 9.68. The van der Waals surface area contributed by atoms with E-state index in [9.17, 15) is 0 Å². The van der Waals surface area contributed by atoms with Gasteiger partial charge in [0.2, 0.25) is 0 Å². The number of rotatable bonds is 5. The van der Waals surface area contributed by atoms with Gasteiger partial charge in [-0.2, -0.15) is 0 Å². The minimum atomic E-state index is -0.00479. The Labute approximate surface area is 115 Å². The summed E-state index contributed by atoms with van der Waals surface area (Å²) in [6, 6.07) is 5.75. The first kappa shape index (κ1) is 13.7. The van der Waals surface area contributed by atoms with Crippen LogP contribution in [0.15, 0.2) is 28.0 Å². The van der Waals surface area contributed by atoms with Crippen molar-refractivity contribution in [3.05, 3.63) is 35.0 Å². The minimum Gasteiger partial charge on any atom is -0.496 e. The Morgan fingerprint density at radius 2 is 2.20 bits per heavy atom. The van der Waals surface area contributed by atoms with E-state index in [1.54, 1.807) is 7.11 Å². The van der Waals surface area contributed by atoms with Crippen LogP contribution in [0.5, 0.6) is 5.75 Å². The molecule has 2 aromatic rings. The number of methoxy groups -OCH3 is 1. The van der Waals surface area contributed by atoms with Gasteiger partial charge in [0.1, 0.15) is 12.4 Å². The Morgan fingerprint density at radius 3 is 2.85 bits per heavy atom. The second-order valence-electron chi connectivity index (χ2n) is 4.06.